The highest BCUT2D eigenvalue weighted by Gasteiger charge is 2.37. The van der Waals surface area contributed by atoms with Gasteiger partial charge in [-0.05, 0) is 30.7 Å². The van der Waals surface area contributed by atoms with Crippen LogP contribution >= 0.6 is 0 Å². The van der Waals surface area contributed by atoms with Crippen LogP contribution in [0.1, 0.15) is 34.0 Å². The summed E-state index contributed by atoms with van der Waals surface area (Å²) in [5.74, 6) is -1.16. The zero-order chi connectivity index (χ0) is 20.5. The SMILES string of the molecule is CC(O)(CNC(=O)c1cc(C(F)(F)F)cc(C(F)(F)F)c1)c1ccccc1. The normalized spacial score (nSPS) is 14.5. The molecule has 9 heteroatoms. The molecule has 0 aromatic heterocycles. The Morgan fingerprint density at radius 3 is 1.81 bits per heavy atom. The summed E-state index contributed by atoms with van der Waals surface area (Å²) in [5.41, 5.74) is -5.12. The van der Waals surface area contributed by atoms with E-state index in [2.05, 4.69) is 5.32 Å². The number of hydrogen-bond donors (Lipinski definition) is 2. The van der Waals surface area contributed by atoms with Crippen molar-refractivity contribution in [3.05, 3.63) is 70.8 Å². The second kappa shape index (κ2) is 7.22. The third-order valence-corrected chi connectivity index (χ3v) is 3.84. The van der Waals surface area contributed by atoms with E-state index in [1.807, 2.05) is 0 Å². The highest BCUT2D eigenvalue weighted by atomic mass is 19.4. The molecule has 2 rings (SSSR count). The lowest BCUT2D eigenvalue weighted by Crippen LogP contribution is -2.38. The van der Waals surface area contributed by atoms with Crippen LogP contribution in [-0.4, -0.2) is 17.6 Å². The van der Waals surface area contributed by atoms with Gasteiger partial charge >= 0.3 is 12.4 Å². The molecule has 146 valence electrons. The molecule has 0 aliphatic heterocycles. The molecule has 2 N–H and O–H groups in total. The highest BCUT2D eigenvalue weighted by molar-refractivity contribution is 5.94. The molecule has 0 saturated carbocycles. The zero-order valence-corrected chi connectivity index (χ0v) is 13.9. The molecule has 1 unspecified atom stereocenters. The standard InChI is InChI=1S/C18H15F6NO2/c1-16(27,12-5-3-2-4-6-12)10-25-15(26)11-7-13(17(19,20)21)9-14(8-11)18(22,23)24/h2-9,27H,10H2,1H3,(H,25,26). The van der Waals surface area contributed by atoms with E-state index >= 15 is 0 Å². The van der Waals surface area contributed by atoms with Gasteiger partial charge in [-0.2, -0.15) is 26.3 Å². The Kier molecular flexibility index (Phi) is 5.55. The molecule has 0 radical (unpaired) electrons. The van der Waals surface area contributed by atoms with Crippen molar-refractivity contribution in [3.63, 3.8) is 0 Å². The third-order valence-electron chi connectivity index (χ3n) is 3.84. The number of alkyl halides is 6. The summed E-state index contributed by atoms with van der Waals surface area (Å²) in [5, 5.41) is 12.5. The summed E-state index contributed by atoms with van der Waals surface area (Å²) in [6.45, 7) is 0.948. The van der Waals surface area contributed by atoms with E-state index in [-0.39, 0.29) is 6.07 Å². The molecule has 2 aromatic carbocycles. The summed E-state index contributed by atoms with van der Waals surface area (Å²) in [4.78, 5) is 12.1. The number of rotatable bonds is 4. The monoisotopic (exact) mass is 391 g/mol. The van der Waals surface area contributed by atoms with Gasteiger partial charge in [0.05, 0.1) is 17.7 Å². The van der Waals surface area contributed by atoms with Gasteiger partial charge in [0.25, 0.3) is 5.91 Å². The van der Waals surface area contributed by atoms with Gasteiger partial charge in [0.1, 0.15) is 5.60 Å². The number of hydrogen-bond acceptors (Lipinski definition) is 2. The predicted octanol–water partition coefficient (Wildman–Crippen LogP) is 4.36. The smallest absolute Gasteiger partial charge is 0.384 e. The lowest BCUT2D eigenvalue weighted by Gasteiger charge is -2.24. The Morgan fingerprint density at radius 1 is 0.889 bits per heavy atom. The average Bonchev–Trinajstić information content (AvgIpc) is 2.58. The van der Waals surface area contributed by atoms with E-state index in [1.54, 1.807) is 30.3 Å². The first kappa shape index (κ1) is 20.8. The Balaban J connectivity index is 2.28. The molecule has 0 spiro atoms. The molecule has 0 fully saturated rings. The Labute approximate surface area is 150 Å². The van der Waals surface area contributed by atoms with Gasteiger partial charge in [-0.15, -0.1) is 0 Å². The Hall–Kier alpha value is -2.55. The minimum atomic E-state index is -5.05. The third kappa shape index (κ3) is 5.22. The lowest BCUT2D eigenvalue weighted by atomic mass is 9.96. The molecule has 27 heavy (non-hydrogen) atoms. The minimum Gasteiger partial charge on any atom is -0.384 e. The van der Waals surface area contributed by atoms with Crippen molar-refractivity contribution in [1.82, 2.24) is 5.32 Å². The van der Waals surface area contributed by atoms with Crippen molar-refractivity contribution in [2.75, 3.05) is 6.54 Å². The molecule has 0 aliphatic rings. The van der Waals surface area contributed by atoms with Gasteiger partial charge in [0.2, 0.25) is 0 Å². The minimum absolute atomic E-state index is 0.0586. The van der Waals surface area contributed by atoms with Crippen LogP contribution in [0, 0.1) is 0 Å². The maximum atomic E-state index is 12.9. The maximum Gasteiger partial charge on any atom is 0.416 e. The molecule has 0 aliphatic carbocycles. The molecule has 0 heterocycles. The van der Waals surface area contributed by atoms with Gasteiger partial charge in [0.15, 0.2) is 0 Å². The van der Waals surface area contributed by atoms with Gasteiger partial charge in [0, 0.05) is 5.56 Å². The molecular formula is C18H15F6NO2. The summed E-state index contributed by atoms with van der Waals surface area (Å²) < 4.78 is 77.1. The van der Waals surface area contributed by atoms with Crippen LogP contribution in [0.3, 0.4) is 0 Å². The molecule has 3 nitrogen and oxygen atoms in total. The maximum absolute atomic E-state index is 12.9. The highest BCUT2D eigenvalue weighted by Crippen LogP contribution is 2.36. The second-order valence-corrected chi connectivity index (χ2v) is 6.12. The molecule has 0 saturated heterocycles. The van der Waals surface area contributed by atoms with Crippen molar-refractivity contribution in [3.8, 4) is 0 Å². The van der Waals surface area contributed by atoms with Crippen molar-refractivity contribution in [2.45, 2.75) is 24.9 Å². The Morgan fingerprint density at radius 2 is 1.37 bits per heavy atom. The quantitative estimate of drug-likeness (QED) is 0.761. The van der Waals surface area contributed by atoms with Crippen molar-refractivity contribution in [2.24, 2.45) is 0 Å². The van der Waals surface area contributed by atoms with E-state index in [0.29, 0.717) is 17.7 Å². The number of benzene rings is 2. The van der Waals surface area contributed by atoms with Gasteiger partial charge in [-0.1, -0.05) is 30.3 Å². The van der Waals surface area contributed by atoms with E-state index in [1.165, 1.54) is 6.92 Å². The fourth-order valence-electron chi connectivity index (χ4n) is 2.34. The van der Waals surface area contributed by atoms with Crippen LogP contribution < -0.4 is 5.32 Å². The number of amides is 1. The molecule has 1 amide bonds. The predicted molar refractivity (Wildman–Crippen MR) is 84.8 cm³/mol. The largest absolute Gasteiger partial charge is 0.416 e. The van der Waals surface area contributed by atoms with E-state index in [4.69, 9.17) is 0 Å². The molecule has 1 atom stereocenters. The fraction of sp³-hybridized carbons (Fsp3) is 0.278. The molecule has 2 aromatic rings. The lowest BCUT2D eigenvalue weighted by molar-refractivity contribution is -0.143. The van der Waals surface area contributed by atoms with Gasteiger partial charge in [-0.25, -0.2) is 0 Å². The number of nitrogens with one attached hydrogen (secondary N) is 1. The number of carbonyl (C=O) groups is 1. The van der Waals surface area contributed by atoms with Crippen LogP contribution in [-0.2, 0) is 18.0 Å². The summed E-state index contributed by atoms with van der Waals surface area (Å²) in [6, 6.07) is 8.71. The summed E-state index contributed by atoms with van der Waals surface area (Å²) >= 11 is 0. The van der Waals surface area contributed by atoms with E-state index in [0.717, 1.165) is 0 Å². The summed E-state index contributed by atoms with van der Waals surface area (Å²) in [6.07, 6.45) is -10.1. The second-order valence-electron chi connectivity index (χ2n) is 6.12. The topological polar surface area (TPSA) is 49.3 Å². The van der Waals surface area contributed by atoms with Crippen molar-refractivity contribution >= 4 is 5.91 Å². The molecule has 0 bridgehead atoms. The zero-order valence-electron chi connectivity index (χ0n) is 13.9. The number of carbonyl (C=O) groups excluding carboxylic acids is 1. The van der Waals surface area contributed by atoms with Crippen LogP contribution in [0.5, 0.6) is 0 Å². The first-order valence-corrected chi connectivity index (χ1v) is 7.66. The van der Waals surface area contributed by atoms with Gasteiger partial charge in [-0.3, -0.25) is 4.79 Å². The van der Waals surface area contributed by atoms with Crippen LogP contribution in [0.25, 0.3) is 0 Å². The van der Waals surface area contributed by atoms with Gasteiger partial charge < -0.3 is 10.4 Å². The number of halogens is 6. The summed E-state index contributed by atoms with van der Waals surface area (Å²) in [7, 11) is 0. The number of aliphatic hydroxyl groups is 1. The van der Waals surface area contributed by atoms with Crippen LogP contribution in [0.4, 0.5) is 26.3 Å². The van der Waals surface area contributed by atoms with Crippen molar-refractivity contribution in [1.29, 1.82) is 0 Å². The van der Waals surface area contributed by atoms with Crippen molar-refractivity contribution < 1.29 is 36.2 Å². The first-order chi connectivity index (χ1) is 12.3. The van der Waals surface area contributed by atoms with Crippen LogP contribution in [0.2, 0.25) is 0 Å². The fourth-order valence-corrected chi connectivity index (χ4v) is 2.34. The first-order valence-electron chi connectivity index (χ1n) is 7.66. The Bertz CT molecular complexity index is 781. The van der Waals surface area contributed by atoms with E-state index < -0.39 is 47.1 Å². The average molecular weight is 391 g/mol. The van der Waals surface area contributed by atoms with E-state index in [9.17, 15) is 36.2 Å². The molecular weight excluding hydrogens is 376 g/mol. The van der Waals surface area contributed by atoms with Crippen LogP contribution in [0.15, 0.2) is 48.5 Å².